The molecule has 2 aromatic carbocycles. The fourth-order valence-electron chi connectivity index (χ4n) is 2.18. The predicted octanol–water partition coefficient (Wildman–Crippen LogP) is 3.59. The van der Waals surface area contributed by atoms with E-state index >= 15 is 0 Å². The van der Waals surface area contributed by atoms with Gasteiger partial charge in [-0.3, -0.25) is 0 Å². The molecule has 4 heteroatoms. The number of hydrogen-bond acceptors (Lipinski definition) is 3. The maximum atomic E-state index is 11.3. The number of aldehydes is 1. The van der Waals surface area contributed by atoms with Crippen LogP contribution in [0.5, 0.6) is 17.2 Å². The van der Waals surface area contributed by atoms with E-state index in [1.165, 1.54) is 0 Å². The molecule has 1 unspecified atom stereocenters. The first-order chi connectivity index (χ1) is 8.70. The first-order valence-electron chi connectivity index (χ1n) is 5.45. The van der Waals surface area contributed by atoms with Gasteiger partial charge in [-0.15, -0.1) is 0 Å². The van der Waals surface area contributed by atoms with Crippen LogP contribution in [0, 0.1) is 0 Å². The number of fused-ring (bicyclic) bond motifs is 2. The molecule has 1 aliphatic heterocycles. The first kappa shape index (κ1) is 11.3. The van der Waals surface area contributed by atoms with E-state index in [1.807, 2.05) is 12.1 Å². The molecule has 2 aromatic rings. The minimum Gasteiger partial charge on any atom is -0.504 e. The lowest BCUT2D eigenvalue weighted by Crippen LogP contribution is -2.11. The van der Waals surface area contributed by atoms with E-state index < -0.39 is 5.92 Å². The summed E-state index contributed by atoms with van der Waals surface area (Å²) in [6.45, 7) is 0. The lowest BCUT2D eigenvalue weighted by molar-refractivity contribution is -0.108. The molecule has 0 aliphatic carbocycles. The van der Waals surface area contributed by atoms with Gasteiger partial charge < -0.3 is 14.6 Å². The number of benzene rings is 2. The Labute approximate surface area is 112 Å². The molecule has 18 heavy (non-hydrogen) atoms. The molecular formula is C14H9BrO3. The normalized spacial score (nSPS) is 16.4. The summed E-state index contributed by atoms with van der Waals surface area (Å²) in [5, 5.41) is 9.81. The molecule has 0 radical (unpaired) electrons. The Balaban J connectivity index is 2.25. The zero-order valence-electron chi connectivity index (χ0n) is 9.26. The quantitative estimate of drug-likeness (QED) is 0.819. The summed E-state index contributed by atoms with van der Waals surface area (Å²) in [6.07, 6.45) is 0.869. The second kappa shape index (κ2) is 4.14. The second-order valence-electron chi connectivity index (χ2n) is 4.09. The van der Waals surface area contributed by atoms with Crippen LogP contribution in [0.25, 0.3) is 0 Å². The summed E-state index contributed by atoms with van der Waals surface area (Å²) < 4.78 is 6.55. The fourth-order valence-corrected chi connectivity index (χ4v) is 2.52. The van der Waals surface area contributed by atoms with Crippen molar-refractivity contribution >= 4 is 22.2 Å². The van der Waals surface area contributed by atoms with E-state index in [4.69, 9.17) is 4.74 Å². The number of carbonyl (C=O) groups is 1. The number of phenolic OH excluding ortho intramolecular Hbond substituents is 1. The Morgan fingerprint density at radius 3 is 2.83 bits per heavy atom. The van der Waals surface area contributed by atoms with Gasteiger partial charge in [-0.25, -0.2) is 0 Å². The van der Waals surface area contributed by atoms with Crippen LogP contribution in [0.3, 0.4) is 0 Å². The molecule has 0 bridgehead atoms. The summed E-state index contributed by atoms with van der Waals surface area (Å²) >= 11 is 3.36. The number of rotatable bonds is 1. The predicted molar refractivity (Wildman–Crippen MR) is 70.2 cm³/mol. The van der Waals surface area contributed by atoms with Crippen LogP contribution in [0.4, 0.5) is 0 Å². The Kier molecular flexibility index (Phi) is 2.59. The van der Waals surface area contributed by atoms with Crippen molar-refractivity contribution in [1.29, 1.82) is 0 Å². The van der Waals surface area contributed by atoms with Crippen molar-refractivity contribution in [2.75, 3.05) is 0 Å². The molecule has 1 atom stereocenters. The molecule has 3 rings (SSSR count). The van der Waals surface area contributed by atoms with Gasteiger partial charge in [0.2, 0.25) is 0 Å². The zero-order chi connectivity index (χ0) is 12.7. The molecule has 0 aromatic heterocycles. The van der Waals surface area contributed by atoms with Gasteiger partial charge in [-0.05, 0) is 18.2 Å². The third-order valence-corrected chi connectivity index (χ3v) is 3.51. The van der Waals surface area contributed by atoms with Crippen LogP contribution >= 0.6 is 15.9 Å². The minimum atomic E-state index is -0.399. The molecule has 1 heterocycles. The molecule has 90 valence electrons. The van der Waals surface area contributed by atoms with Crippen LogP contribution < -0.4 is 4.74 Å². The van der Waals surface area contributed by atoms with Crippen LogP contribution in [0.1, 0.15) is 17.0 Å². The number of halogens is 1. The maximum absolute atomic E-state index is 11.3. The second-order valence-corrected chi connectivity index (χ2v) is 5.01. The Morgan fingerprint density at radius 1 is 1.22 bits per heavy atom. The van der Waals surface area contributed by atoms with Crippen molar-refractivity contribution in [3.63, 3.8) is 0 Å². The Bertz CT molecular complexity index is 637. The molecule has 0 spiro atoms. The molecule has 0 amide bonds. The highest BCUT2D eigenvalue weighted by Crippen LogP contribution is 2.47. The summed E-state index contributed by atoms with van der Waals surface area (Å²) in [6, 6.07) is 10.6. The van der Waals surface area contributed by atoms with Gasteiger partial charge in [0.25, 0.3) is 0 Å². The van der Waals surface area contributed by atoms with Crippen LogP contribution in [0.15, 0.2) is 40.9 Å². The molecule has 0 fully saturated rings. The summed E-state index contributed by atoms with van der Waals surface area (Å²) in [5.74, 6) is 0.601. The zero-order valence-corrected chi connectivity index (χ0v) is 10.8. The summed E-state index contributed by atoms with van der Waals surface area (Å²) in [7, 11) is 0. The van der Waals surface area contributed by atoms with Crippen LogP contribution in [-0.2, 0) is 4.79 Å². The van der Waals surface area contributed by atoms with Crippen molar-refractivity contribution < 1.29 is 14.6 Å². The Morgan fingerprint density at radius 2 is 2.06 bits per heavy atom. The molecule has 0 saturated heterocycles. The number of carbonyl (C=O) groups excluding carboxylic acids is 1. The number of ether oxygens (including phenoxy) is 1. The number of aromatic hydroxyl groups is 1. The van der Waals surface area contributed by atoms with Crippen molar-refractivity contribution in [1.82, 2.24) is 0 Å². The minimum absolute atomic E-state index is 0.0463. The van der Waals surface area contributed by atoms with Gasteiger partial charge in [0, 0.05) is 15.6 Å². The van der Waals surface area contributed by atoms with Gasteiger partial charge in [0.1, 0.15) is 12.0 Å². The van der Waals surface area contributed by atoms with Crippen molar-refractivity contribution in [2.45, 2.75) is 5.92 Å². The van der Waals surface area contributed by atoms with Crippen molar-refractivity contribution in [3.8, 4) is 17.2 Å². The molecule has 3 nitrogen and oxygen atoms in total. The van der Waals surface area contributed by atoms with Gasteiger partial charge in [-0.1, -0.05) is 34.1 Å². The SMILES string of the molecule is O=CC1c2ccc(Br)cc2Oc2c(O)cccc21. The van der Waals surface area contributed by atoms with Gasteiger partial charge in [-0.2, -0.15) is 0 Å². The average Bonchev–Trinajstić information content (AvgIpc) is 2.37. The van der Waals surface area contributed by atoms with E-state index in [2.05, 4.69) is 15.9 Å². The lowest BCUT2D eigenvalue weighted by Gasteiger charge is -2.25. The Hall–Kier alpha value is -1.81. The molecule has 1 N–H and O–H groups in total. The first-order valence-corrected chi connectivity index (χ1v) is 6.24. The van der Waals surface area contributed by atoms with Crippen LogP contribution in [0.2, 0.25) is 0 Å². The van der Waals surface area contributed by atoms with E-state index in [0.717, 1.165) is 16.3 Å². The third-order valence-electron chi connectivity index (χ3n) is 3.02. The van der Waals surface area contributed by atoms with E-state index in [9.17, 15) is 9.90 Å². The highest BCUT2D eigenvalue weighted by molar-refractivity contribution is 9.10. The summed E-state index contributed by atoms with van der Waals surface area (Å²) in [5.41, 5.74) is 1.51. The smallest absolute Gasteiger partial charge is 0.173 e. The number of hydrogen-bond donors (Lipinski definition) is 1. The molecule has 1 aliphatic rings. The largest absolute Gasteiger partial charge is 0.504 e. The van der Waals surface area contributed by atoms with Crippen molar-refractivity contribution in [2.24, 2.45) is 0 Å². The van der Waals surface area contributed by atoms with E-state index in [-0.39, 0.29) is 5.75 Å². The van der Waals surface area contributed by atoms with Gasteiger partial charge in [0.15, 0.2) is 11.5 Å². The topological polar surface area (TPSA) is 46.5 Å². The lowest BCUT2D eigenvalue weighted by atomic mass is 9.89. The van der Waals surface area contributed by atoms with E-state index in [0.29, 0.717) is 17.1 Å². The fraction of sp³-hybridized carbons (Fsp3) is 0.0714. The summed E-state index contributed by atoms with van der Waals surface area (Å²) in [4.78, 5) is 11.3. The standard InChI is InChI=1S/C14H9BrO3/c15-8-4-5-9-11(7-16)10-2-1-3-12(17)14(10)18-13(9)6-8/h1-7,11,17H. The number of para-hydroxylation sites is 1. The highest BCUT2D eigenvalue weighted by Gasteiger charge is 2.28. The van der Waals surface area contributed by atoms with E-state index in [1.54, 1.807) is 24.3 Å². The molecular weight excluding hydrogens is 296 g/mol. The number of phenols is 1. The maximum Gasteiger partial charge on any atom is 0.173 e. The van der Waals surface area contributed by atoms with Gasteiger partial charge >= 0.3 is 0 Å². The third kappa shape index (κ3) is 1.61. The monoisotopic (exact) mass is 304 g/mol. The molecule has 0 saturated carbocycles. The van der Waals surface area contributed by atoms with Crippen molar-refractivity contribution in [3.05, 3.63) is 52.0 Å². The average molecular weight is 305 g/mol. The van der Waals surface area contributed by atoms with Gasteiger partial charge in [0.05, 0.1) is 5.92 Å². The van der Waals surface area contributed by atoms with Crippen LogP contribution in [-0.4, -0.2) is 11.4 Å². The highest BCUT2D eigenvalue weighted by atomic mass is 79.9.